The summed E-state index contributed by atoms with van der Waals surface area (Å²) in [4.78, 5) is 5.60. The van der Waals surface area contributed by atoms with Crippen molar-refractivity contribution in [3.05, 3.63) is 77.6 Å². The van der Waals surface area contributed by atoms with Crippen molar-refractivity contribution in [1.82, 2.24) is 9.88 Å². The van der Waals surface area contributed by atoms with Gasteiger partial charge >= 0.3 is 0 Å². The summed E-state index contributed by atoms with van der Waals surface area (Å²) in [5, 5.41) is 2.47. The van der Waals surface area contributed by atoms with Gasteiger partial charge in [-0.25, -0.2) is 12.8 Å². The molecule has 2 aliphatic heterocycles. The number of H-pyrrole nitrogens is 1. The molecule has 2 atom stereocenters. The van der Waals surface area contributed by atoms with Gasteiger partial charge < -0.3 is 4.98 Å². The molecule has 30 heavy (non-hydrogen) atoms. The number of rotatable bonds is 3. The van der Waals surface area contributed by atoms with E-state index in [9.17, 15) is 12.8 Å². The average Bonchev–Trinajstić information content (AvgIpc) is 3.26. The van der Waals surface area contributed by atoms with E-state index in [1.165, 1.54) is 32.8 Å². The number of hydrogen-bond acceptors (Lipinski definition) is 3. The van der Waals surface area contributed by atoms with Crippen molar-refractivity contribution in [3.63, 3.8) is 0 Å². The van der Waals surface area contributed by atoms with Gasteiger partial charge in [0.2, 0.25) is 0 Å². The molecule has 1 aromatic heterocycles. The molecule has 2 aliphatic rings. The number of nitrogens with zero attached hydrogens (tertiary/aromatic N) is 2. The third-order valence-electron chi connectivity index (χ3n) is 6.36. The molecule has 1 fully saturated rings. The number of piperidine rings is 1. The van der Waals surface area contributed by atoms with Crippen molar-refractivity contribution >= 4 is 26.6 Å². The molecule has 0 bridgehead atoms. The van der Waals surface area contributed by atoms with Gasteiger partial charge in [0.25, 0.3) is 10.0 Å². The Morgan fingerprint density at radius 2 is 2.07 bits per heavy atom. The third-order valence-corrected chi connectivity index (χ3v) is 7.92. The maximum absolute atomic E-state index is 13.8. The Hall–Kier alpha value is -2.64. The van der Waals surface area contributed by atoms with Crippen LogP contribution in [-0.2, 0) is 16.6 Å². The predicted molar refractivity (Wildman–Crippen MR) is 117 cm³/mol. The summed E-state index contributed by atoms with van der Waals surface area (Å²) in [6, 6.07) is 14.5. The Labute approximate surface area is 175 Å². The van der Waals surface area contributed by atoms with Crippen LogP contribution in [0.5, 0.6) is 0 Å². The molecule has 2 aromatic carbocycles. The molecule has 156 valence electrons. The van der Waals surface area contributed by atoms with Crippen molar-refractivity contribution in [2.75, 3.05) is 10.8 Å². The second kappa shape index (κ2) is 6.96. The molecule has 5 rings (SSSR count). The Morgan fingerprint density at radius 1 is 1.20 bits per heavy atom. The summed E-state index contributed by atoms with van der Waals surface area (Å²) in [6.45, 7) is 3.71. The minimum atomic E-state index is -3.62. The van der Waals surface area contributed by atoms with Gasteiger partial charge in [0, 0.05) is 36.3 Å². The Morgan fingerprint density at radius 3 is 2.87 bits per heavy atom. The highest BCUT2D eigenvalue weighted by Crippen LogP contribution is 2.43. The number of halogens is 1. The molecule has 3 heterocycles. The van der Waals surface area contributed by atoms with Gasteiger partial charge in [0.15, 0.2) is 0 Å². The van der Waals surface area contributed by atoms with Gasteiger partial charge in [-0.1, -0.05) is 12.1 Å². The second-order valence-electron chi connectivity index (χ2n) is 8.37. The Balaban J connectivity index is 1.40. The van der Waals surface area contributed by atoms with Gasteiger partial charge in [-0.2, -0.15) is 0 Å². The van der Waals surface area contributed by atoms with Crippen LogP contribution in [0.2, 0.25) is 0 Å². The number of aromatic nitrogens is 1. The number of nitrogens with one attached hydrogen (secondary N) is 1. The molecule has 5 nitrogen and oxygen atoms in total. The van der Waals surface area contributed by atoms with Crippen LogP contribution >= 0.6 is 0 Å². The standard InChI is InChI=1S/C23H24FN3O2S/c1-17-15-23(9-12-30(28,29)27(23)21-4-2-3-20(24)14-21)8-11-26(17)16-18-5-6-22-19(13-18)7-10-25-22/h2-7,9-10,12-14,17,25H,8,11,15-16H2,1H3/t17-,23-/m0/s1. The van der Waals surface area contributed by atoms with Crippen molar-refractivity contribution in [3.8, 4) is 0 Å². The van der Waals surface area contributed by atoms with Crippen LogP contribution in [0.1, 0.15) is 25.3 Å². The maximum Gasteiger partial charge on any atom is 0.258 e. The zero-order valence-corrected chi connectivity index (χ0v) is 17.6. The normalized spacial score (nSPS) is 26.1. The zero-order valence-electron chi connectivity index (χ0n) is 16.8. The first-order valence-corrected chi connectivity index (χ1v) is 11.7. The molecule has 0 radical (unpaired) electrons. The fourth-order valence-corrected chi connectivity index (χ4v) is 6.60. The SMILES string of the molecule is C[C@H]1C[C@@]2(C=CS(=O)(=O)N2c2cccc(F)c2)CCN1Cc1ccc2[nH]ccc2c1. The van der Waals surface area contributed by atoms with Crippen LogP contribution < -0.4 is 4.31 Å². The van der Waals surface area contributed by atoms with Crippen molar-refractivity contribution in [2.45, 2.75) is 37.9 Å². The lowest BCUT2D eigenvalue weighted by Gasteiger charge is -2.47. The van der Waals surface area contributed by atoms with Crippen LogP contribution in [0.3, 0.4) is 0 Å². The summed E-state index contributed by atoms with van der Waals surface area (Å²) in [5.41, 5.74) is 2.10. The molecule has 0 saturated carbocycles. The predicted octanol–water partition coefficient (Wildman–Crippen LogP) is 4.39. The fourth-order valence-electron chi connectivity index (χ4n) is 4.91. The summed E-state index contributed by atoms with van der Waals surface area (Å²) >= 11 is 0. The maximum atomic E-state index is 13.8. The third kappa shape index (κ3) is 3.22. The first-order valence-electron chi connectivity index (χ1n) is 10.2. The minimum Gasteiger partial charge on any atom is -0.361 e. The van der Waals surface area contributed by atoms with Crippen molar-refractivity contribution in [1.29, 1.82) is 0 Å². The van der Waals surface area contributed by atoms with Gasteiger partial charge in [-0.05, 0) is 73.2 Å². The lowest BCUT2D eigenvalue weighted by atomic mass is 9.83. The summed E-state index contributed by atoms with van der Waals surface area (Å²) < 4.78 is 40.9. The highest BCUT2D eigenvalue weighted by Gasteiger charge is 2.49. The summed E-state index contributed by atoms with van der Waals surface area (Å²) in [7, 11) is -3.62. The number of aromatic amines is 1. The summed E-state index contributed by atoms with van der Waals surface area (Å²) in [5.74, 6) is -0.435. The minimum absolute atomic E-state index is 0.176. The average molecular weight is 426 g/mol. The molecule has 3 aromatic rings. The lowest BCUT2D eigenvalue weighted by molar-refractivity contribution is 0.120. The number of anilines is 1. The van der Waals surface area contributed by atoms with E-state index < -0.39 is 21.4 Å². The first-order chi connectivity index (χ1) is 14.4. The largest absolute Gasteiger partial charge is 0.361 e. The molecule has 7 heteroatoms. The fraction of sp³-hybridized carbons (Fsp3) is 0.304. The van der Waals surface area contributed by atoms with Gasteiger partial charge in [0.1, 0.15) is 5.82 Å². The van der Waals surface area contributed by atoms with Crippen LogP contribution in [0.4, 0.5) is 10.1 Å². The lowest BCUT2D eigenvalue weighted by Crippen LogP contribution is -2.56. The van der Waals surface area contributed by atoms with E-state index in [4.69, 9.17) is 0 Å². The summed E-state index contributed by atoms with van der Waals surface area (Å²) in [6.07, 6.45) is 5.06. The molecule has 1 saturated heterocycles. The molecule has 0 unspecified atom stereocenters. The van der Waals surface area contributed by atoms with Crippen molar-refractivity contribution in [2.24, 2.45) is 0 Å². The highest BCUT2D eigenvalue weighted by molar-refractivity contribution is 7.96. The van der Waals surface area contributed by atoms with Gasteiger partial charge in [-0.15, -0.1) is 0 Å². The van der Waals surface area contributed by atoms with Gasteiger partial charge in [0.05, 0.1) is 11.2 Å². The monoisotopic (exact) mass is 425 g/mol. The van der Waals surface area contributed by atoms with Crippen LogP contribution in [0, 0.1) is 5.82 Å². The van der Waals surface area contributed by atoms with Gasteiger partial charge in [-0.3, -0.25) is 9.21 Å². The number of benzene rings is 2. The number of likely N-dealkylation sites (tertiary alicyclic amines) is 1. The van der Waals surface area contributed by atoms with Crippen LogP contribution in [0.15, 0.2) is 66.2 Å². The van der Waals surface area contributed by atoms with E-state index >= 15 is 0 Å². The molecular weight excluding hydrogens is 401 g/mol. The quantitative estimate of drug-likeness (QED) is 0.677. The molecule has 1 N–H and O–H groups in total. The van der Waals surface area contributed by atoms with E-state index in [1.54, 1.807) is 18.2 Å². The molecular formula is C23H24FN3O2S. The molecule has 0 aliphatic carbocycles. The Kier molecular flexibility index (Phi) is 4.48. The highest BCUT2D eigenvalue weighted by atomic mass is 32.2. The Bertz CT molecular complexity index is 1240. The smallest absolute Gasteiger partial charge is 0.258 e. The van der Waals surface area contributed by atoms with E-state index in [1.807, 2.05) is 6.20 Å². The molecule has 0 amide bonds. The number of hydrogen-bond donors (Lipinski definition) is 1. The zero-order chi connectivity index (χ0) is 20.9. The van der Waals surface area contributed by atoms with E-state index in [-0.39, 0.29) is 6.04 Å². The number of sulfonamides is 1. The topological polar surface area (TPSA) is 56.4 Å². The van der Waals surface area contributed by atoms with Crippen molar-refractivity contribution < 1.29 is 12.8 Å². The molecule has 1 spiro atoms. The van der Waals surface area contributed by atoms with Crippen LogP contribution in [-0.4, -0.2) is 36.4 Å². The first kappa shape index (κ1) is 19.3. The van der Waals surface area contributed by atoms with E-state index in [0.717, 1.165) is 18.6 Å². The second-order valence-corrected chi connectivity index (χ2v) is 10.0. The van der Waals surface area contributed by atoms with E-state index in [2.05, 4.69) is 41.1 Å². The number of fused-ring (bicyclic) bond motifs is 1. The van der Waals surface area contributed by atoms with E-state index in [0.29, 0.717) is 18.5 Å². The van der Waals surface area contributed by atoms with Crippen LogP contribution in [0.25, 0.3) is 10.9 Å².